The zero-order chi connectivity index (χ0) is 20.8. The van der Waals surface area contributed by atoms with E-state index in [1.165, 1.54) is 0 Å². The van der Waals surface area contributed by atoms with Gasteiger partial charge in [-0.3, -0.25) is 9.69 Å². The summed E-state index contributed by atoms with van der Waals surface area (Å²) in [6.45, 7) is 4.76. The number of ether oxygens (including phenoxy) is 2. The van der Waals surface area contributed by atoms with E-state index < -0.39 is 0 Å². The van der Waals surface area contributed by atoms with E-state index >= 15 is 0 Å². The van der Waals surface area contributed by atoms with Gasteiger partial charge in [0.2, 0.25) is 0 Å². The predicted molar refractivity (Wildman–Crippen MR) is 121 cm³/mol. The smallest absolute Gasteiger partial charge is 0.283 e. The highest BCUT2D eigenvalue weighted by Crippen LogP contribution is 2.31. The van der Waals surface area contributed by atoms with Crippen molar-refractivity contribution in [2.45, 2.75) is 20.3 Å². The van der Waals surface area contributed by atoms with Crippen LogP contribution >= 0.6 is 11.8 Å². The van der Waals surface area contributed by atoms with Gasteiger partial charge < -0.3 is 9.47 Å². The van der Waals surface area contributed by atoms with E-state index in [0.29, 0.717) is 17.5 Å². The van der Waals surface area contributed by atoms with Crippen LogP contribution in [0.4, 0.5) is 5.69 Å². The number of methoxy groups -OCH3 is 2. The number of thioether (sulfide) groups is 1. The molecular weight excluding hydrogens is 384 g/mol. The van der Waals surface area contributed by atoms with E-state index in [1.807, 2.05) is 56.3 Å². The van der Waals surface area contributed by atoms with Crippen molar-refractivity contribution in [3.8, 4) is 5.75 Å². The summed E-state index contributed by atoms with van der Waals surface area (Å²) in [5.41, 5.74) is 4.42. The van der Waals surface area contributed by atoms with Gasteiger partial charge in [0.1, 0.15) is 11.4 Å². The van der Waals surface area contributed by atoms with Crippen LogP contribution in [0.2, 0.25) is 0 Å². The molecule has 0 bridgehead atoms. The first-order valence-electron chi connectivity index (χ1n) is 9.51. The molecule has 1 aliphatic heterocycles. The third-order valence-corrected chi connectivity index (χ3v) is 5.46. The molecule has 0 N–H and O–H groups in total. The van der Waals surface area contributed by atoms with Gasteiger partial charge in [0.05, 0.1) is 12.8 Å². The Morgan fingerprint density at radius 2 is 1.76 bits per heavy atom. The van der Waals surface area contributed by atoms with E-state index in [2.05, 4.69) is 11.1 Å². The molecule has 1 amide bonds. The SMILES string of the molecule is COCCCSC1=N/C(=C\c2ccc(OC)cc2)C(=O)N1c1cc(C)cc(C)c1. The quantitative estimate of drug-likeness (QED) is 0.485. The van der Waals surface area contributed by atoms with Crippen LogP contribution in [0.5, 0.6) is 5.75 Å². The van der Waals surface area contributed by atoms with Gasteiger partial charge in [-0.05, 0) is 67.3 Å². The highest BCUT2D eigenvalue weighted by atomic mass is 32.2. The van der Waals surface area contributed by atoms with Gasteiger partial charge in [0, 0.05) is 19.5 Å². The molecule has 0 atom stereocenters. The minimum Gasteiger partial charge on any atom is -0.497 e. The molecule has 0 fully saturated rings. The second-order valence-corrected chi connectivity index (χ2v) is 7.94. The lowest BCUT2D eigenvalue weighted by Crippen LogP contribution is -2.30. The number of benzene rings is 2. The third kappa shape index (κ3) is 5.28. The lowest BCUT2D eigenvalue weighted by atomic mass is 10.1. The highest BCUT2D eigenvalue weighted by Gasteiger charge is 2.32. The van der Waals surface area contributed by atoms with Crippen molar-refractivity contribution in [3.63, 3.8) is 0 Å². The fourth-order valence-electron chi connectivity index (χ4n) is 3.13. The first kappa shape index (κ1) is 21.1. The van der Waals surface area contributed by atoms with Crippen LogP contribution in [-0.2, 0) is 9.53 Å². The summed E-state index contributed by atoms with van der Waals surface area (Å²) in [6, 6.07) is 13.7. The Hall–Kier alpha value is -2.57. The topological polar surface area (TPSA) is 51.1 Å². The lowest BCUT2D eigenvalue weighted by molar-refractivity contribution is -0.113. The number of hydrogen-bond donors (Lipinski definition) is 0. The Morgan fingerprint density at radius 1 is 1.07 bits per heavy atom. The van der Waals surface area contributed by atoms with Crippen LogP contribution in [0, 0.1) is 13.8 Å². The molecule has 0 aromatic heterocycles. The van der Waals surface area contributed by atoms with Crippen molar-refractivity contribution in [2.24, 2.45) is 4.99 Å². The first-order chi connectivity index (χ1) is 14.0. The van der Waals surface area contributed by atoms with Crippen LogP contribution in [0.25, 0.3) is 6.08 Å². The molecule has 152 valence electrons. The Labute approximate surface area is 176 Å². The van der Waals surface area contributed by atoms with E-state index in [1.54, 1.807) is 30.9 Å². The van der Waals surface area contributed by atoms with E-state index in [4.69, 9.17) is 9.47 Å². The molecule has 29 heavy (non-hydrogen) atoms. The number of carbonyl (C=O) groups excluding carboxylic acids is 1. The number of carbonyl (C=O) groups is 1. The second-order valence-electron chi connectivity index (χ2n) is 6.88. The monoisotopic (exact) mass is 410 g/mol. The number of hydrogen-bond acceptors (Lipinski definition) is 5. The molecule has 6 heteroatoms. The van der Waals surface area contributed by atoms with Gasteiger partial charge in [-0.25, -0.2) is 4.99 Å². The maximum atomic E-state index is 13.2. The average molecular weight is 411 g/mol. The minimum atomic E-state index is -0.111. The number of amidine groups is 1. The summed E-state index contributed by atoms with van der Waals surface area (Å²) in [5.74, 6) is 1.50. The molecule has 2 aromatic carbocycles. The minimum absolute atomic E-state index is 0.111. The summed E-state index contributed by atoms with van der Waals surface area (Å²) < 4.78 is 10.3. The third-order valence-electron chi connectivity index (χ3n) is 4.44. The fourth-order valence-corrected chi connectivity index (χ4v) is 4.05. The molecule has 0 saturated heterocycles. The lowest BCUT2D eigenvalue weighted by Gasteiger charge is -2.19. The number of nitrogens with zero attached hydrogens (tertiary/aromatic N) is 2. The van der Waals surface area contributed by atoms with Crippen molar-refractivity contribution >= 4 is 34.6 Å². The standard InChI is InChI=1S/C23H26N2O3S/c1-16-12-17(2)14-19(13-16)25-22(26)21(24-23(25)29-11-5-10-27-3)15-18-6-8-20(28-4)9-7-18/h6-9,12-15H,5,10-11H2,1-4H3/b21-15-. The number of aliphatic imine (C=N–C) groups is 1. The fraction of sp³-hybridized carbons (Fsp3) is 0.304. The van der Waals surface area contributed by atoms with Gasteiger partial charge in [0.15, 0.2) is 5.17 Å². The number of rotatable bonds is 7. The molecule has 1 aliphatic rings. The summed E-state index contributed by atoms with van der Waals surface area (Å²) in [4.78, 5) is 19.6. The Kier molecular flexibility index (Phi) is 7.12. The van der Waals surface area contributed by atoms with Crippen LogP contribution in [0.15, 0.2) is 53.2 Å². The Balaban J connectivity index is 1.92. The van der Waals surface area contributed by atoms with E-state index in [9.17, 15) is 4.79 Å². The molecule has 3 rings (SSSR count). The van der Waals surface area contributed by atoms with E-state index in [0.717, 1.165) is 40.3 Å². The van der Waals surface area contributed by atoms with Crippen molar-refractivity contribution < 1.29 is 14.3 Å². The maximum Gasteiger partial charge on any atom is 0.283 e. The predicted octanol–water partition coefficient (Wildman–Crippen LogP) is 4.83. The molecule has 0 aliphatic carbocycles. The van der Waals surface area contributed by atoms with Crippen molar-refractivity contribution in [1.82, 2.24) is 0 Å². The van der Waals surface area contributed by atoms with Gasteiger partial charge in [-0.2, -0.15) is 0 Å². The van der Waals surface area contributed by atoms with Crippen molar-refractivity contribution in [3.05, 3.63) is 64.9 Å². The van der Waals surface area contributed by atoms with Crippen LogP contribution in [0.3, 0.4) is 0 Å². The summed E-state index contributed by atoms with van der Waals surface area (Å²) >= 11 is 1.58. The zero-order valence-electron chi connectivity index (χ0n) is 17.3. The molecule has 0 unspecified atom stereocenters. The van der Waals surface area contributed by atoms with Crippen molar-refractivity contribution in [2.75, 3.05) is 31.5 Å². The van der Waals surface area contributed by atoms with Gasteiger partial charge >= 0.3 is 0 Å². The normalized spacial score (nSPS) is 15.2. The molecule has 0 radical (unpaired) electrons. The molecule has 0 saturated carbocycles. The summed E-state index contributed by atoms with van der Waals surface area (Å²) in [5, 5.41) is 0.705. The highest BCUT2D eigenvalue weighted by molar-refractivity contribution is 8.14. The molecule has 1 heterocycles. The molecule has 5 nitrogen and oxygen atoms in total. The van der Waals surface area contributed by atoms with Gasteiger partial charge in [0.25, 0.3) is 5.91 Å². The zero-order valence-corrected chi connectivity index (χ0v) is 18.1. The van der Waals surface area contributed by atoms with Crippen LogP contribution in [-0.4, -0.2) is 37.7 Å². The van der Waals surface area contributed by atoms with Crippen molar-refractivity contribution in [1.29, 1.82) is 0 Å². The number of anilines is 1. The first-order valence-corrected chi connectivity index (χ1v) is 10.5. The number of aryl methyl sites for hydroxylation is 2. The van der Waals surface area contributed by atoms with E-state index in [-0.39, 0.29) is 5.91 Å². The maximum absolute atomic E-state index is 13.2. The second kappa shape index (κ2) is 9.76. The Bertz CT molecular complexity index is 915. The molecule has 2 aromatic rings. The average Bonchev–Trinajstić information content (AvgIpc) is 3.00. The Morgan fingerprint density at radius 3 is 2.38 bits per heavy atom. The summed E-state index contributed by atoms with van der Waals surface area (Å²) in [7, 11) is 3.33. The van der Waals surface area contributed by atoms with Crippen LogP contribution < -0.4 is 9.64 Å². The van der Waals surface area contributed by atoms with Crippen LogP contribution in [0.1, 0.15) is 23.1 Å². The van der Waals surface area contributed by atoms with Gasteiger partial charge in [-0.15, -0.1) is 0 Å². The molecular formula is C23H26N2O3S. The molecule has 0 spiro atoms. The summed E-state index contributed by atoms with van der Waals surface area (Å²) in [6.07, 6.45) is 2.72. The van der Waals surface area contributed by atoms with Gasteiger partial charge in [-0.1, -0.05) is 30.0 Å². The largest absolute Gasteiger partial charge is 0.497 e. The number of amides is 1.